The fraction of sp³-hybridized carbons (Fsp3) is 0.200. The predicted octanol–water partition coefficient (Wildman–Crippen LogP) is -0.168. The summed E-state index contributed by atoms with van der Waals surface area (Å²) in [5.74, 6) is -1.39. The number of aromatic carboxylic acids is 1. The summed E-state index contributed by atoms with van der Waals surface area (Å²) in [4.78, 5) is 38.0. The topological polar surface area (TPSA) is 99.6 Å². The van der Waals surface area contributed by atoms with E-state index in [4.69, 9.17) is 5.11 Å². The number of carbonyl (C=O) groups excluding carboxylic acids is 2. The van der Waals surface area contributed by atoms with E-state index in [1.165, 1.54) is 18.3 Å². The Morgan fingerprint density at radius 2 is 2.24 bits per heavy atom. The van der Waals surface area contributed by atoms with Crippen molar-refractivity contribution in [2.75, 3.05) is 6.54 Å². The molecule has 0 atom stereocenters. The van der Waals surface area contributed by atoms with Crippen molar-refractivity contribution in [1.29, 1.82) is 0 Å². The summed E-state index contributed by atoms with van der Waals surface area (Å²) in [5, 5.41) is 11.1. The number of imide groups is 1. The normalized spacial score (nSPS) is 14.9. The van der Waals surface area contributed by atoms with E-state index in [0.717, 1.165) is 4.90 Å². The number of nitrogens with zero attached hydrogens (tertiary/aromatic N) is 2. The van der Waals surface area contributed by atoms with Gasteiger partial charge in [0, 0.05) is 6.20 Å². The summed E-state index contributed by atoms with van der Waals surface area (Å²) < 4.78 is 0. The van der Waals surface area contributed by atoms with Gasteiger partial charge in [0.25, 0.3) is 0 Å². The van der Waals surface area contributed by atoms with Gasteiger partial charge >= 0.3 is 12.0 Å². The van der Waals surface area contributed by atoms with Gasteiger partial charge in [0.2, 0.25) is 5.91 Å². The van der Waals surface area contributed by atoms with Gasteiger partial charge in [-0.05, 0) is 12.1 Å². The van der Waals surface area contributed by atoms with E-state index in [0.29, 0.717) is 5.69 Å². The Hall–Kier alpha value is -2.44. The number of pyridine rings is 1. The number of rotatable bonds is 3. The van der Waals surface area contributed by atoms with Crippen molar-refractivity contribution in [2.45, 2.75) is 6.54 Å². The molecule has 2 heterocycles. The van der Waals surface area contributed by atoms with Gasteiger partial charge < -0.3 is 10.4 Å². The highest BCUT2D eigenvalue weighted by atomic mass is 16.4. The van der Waals surface area contributed by atoms with Crippen LogP contribution >= 0.6 is 0 Å². The van der Waals surface area contributed by atoms with E-state index in [-0.39, 0.29) is 24.6 Å². The molecule has 1 aromatic rings. The minimum atomic E-state index is -1.07. The quantitative estimate of drug-likeness (QED) is 0.708. The van der Waals surface area contributed by atoms with Crippen LogP contribution in [0.4, 0.5) is 4.79 Å². The SMILES string of the molecule is O=C(O)c1ccc(CN2C(=O)CNC2=O)nc1. The van der Waals surface area contributed by atoms with Gasteiger partial charge in [0.1, 0.15) is 0 Å². The molecule has 17 heavy (non-hydrogen) atoms. The maximum absolute atomic E-state index is 11.3. The van der Waals surface area contributed by atoms with Gasteiger partial charge in [0.15, 0.2) is 0 Å². The van der Waals surface area contributed by atoms with E-state index >= 15 is 0 Å². The standard InChI is InChI=1S/C10H9N3O4/c14-8-4-12-10(17)13(8)5-7-2-1-6(3-11-7)9(15)16/h1-3H,4-5H2,(H,12,17)(H,15,16). The molecule has 2 N–H and O–H groups in total. The summed E-state index contributed by atoms with van der Waals surface area (Å²) in [6.07, 6.45) is 1.19. The first kappa shape index (κ1) is 11.1. The molecule has 0 aliphatic carbocycles. The Morgan fingerprint density at radius 1 is 1.47 bits per heavy atom. The molecular formula is C10H9N3O4. The van der Waals surface area contributed by atoms with E-state index in [1.54, 1.807) is 0 Å². The van der Waals surface area contributed by atoms with Crippen LogP contribution in [0, 0.1) is 0 Å². The van der Waals surface area contributed by atoms with E-state index < -0.39 is 12.0 Å². The average Bonchev–Trinajstić information content (AvgIpc) is 2.61. The number of carbonyl (C=O) groups is 3. The van der Waals surface area contributed by atoms with Crippen LogP contribution in [0.5, 0.6) is 0 Å². The van der Waals surface area contributed by atoms with Crippen LogP contribution in [0.1, 0.15) is 16.1 Å². The van der Waals surface area contributed by atoms with Gasteiger partial charge in [-0.25, -0.2) is 9.59 Å². The number of aromatic nitrogens is 1. The first-order valence-electron chi connectivity index (χ1n) is 4.84. The van der Waals surface area contributed by atoms with Crippen molar-refractivity contribution in [3.8, 4) is 0 Å². The lowest BCUT2D eigenvalue weighted by Gasteiger charge is -2.11. The van der Waals surface area contributed by atoms with Crippen LogP contribution in [0.2, 0.25) is 0 Å². The molecule has 1 aliphatic heterocycles. The fourth-order valence-corrected chi connectivity index (χ4v) is 1.42. The highest BCUT2D eigenvalue weighted by Crippen LogP contribution is 2.07. The summed E-state index contributed by atoms with van der Waals surface area (Å²) in [7, 11) is 0. The largest absolute Gasteiger partial charge is 0.478 e. The number of carboxylic acids is 1. The average molecular weight is 235 g/mol. The monoisotopic (exact) mass is 235 g/mol. The molecule has 0 spiro atoms. The Morgan fingerprint density at radius 3 is 2.71 bits per heavy atom. The molecule has 0 aromatic carbocycles. The minimum Gasteiger partial charge on any atom is -0.478 e. The lowest BCUT2D eigenvalue weighted by atomic mass is 10.2. The molecule has 0 bridgehead atoms. The second-order valence-corrected chi connectivity index (χ2v) is 3.48. The summed E-state index contributed by atoms with van der Waals surface area (Å²) >= 11 is 0. The molecule has 1 aromatic heterocycles. The molecule has 0 unspecified atom stereocenters. The third kappa shape index (κ3) is 2.22. The molecule has 0 radical (unpaired) electrons. The highest BCUT2D eigenvalue weighted by molar-refractivity contribution is 6.01. The van der Waals surface area contributed by atoms with Gasteiger partial charge in [0.05, 0.1) is 24.3 Å². The maximum atomic E-state index is 11.3. The highest BCUT2D eigenvalue weighted by Gasteiger charge is 2.28. The smallest absolute Gasteiger partial charge is 0.337 e. The Kier molecular flexibility index (Phi) is 2.73. The third-order valence-electron chi connectivity index (χ3n) is 2.33. The van der Waals surface area contributed by atoms with Gasteiger partial charge in [-0.1, -0.05) is 0 Å². The number of amides is 3. The summed E-state index contributed by atoms with van der Waals surface area (Å²) in [6.45, 7) is 0.0383. The molecule has 88 valence electrons. The fourth-order valence-electron chi connectivity index (χ4n) is 1.42. The molecule has 7 nitrogen and oxygen atoms in total. The third-order valence-corrected chi connectivity index (χ3v) is 2.33. The zero-order valence-corrected chi connectivity index (χ0v) is 8.71. The molecule has 0 saturated carbocycles. The van der Waals surface area contributed by atoms with Crippen LogP contribution in [0.3, 0.4) is 0 Å². The predicted molar refractivity (Wildman–Crippen MR) is 55.1 cm³/mol. The molecular weight excluding hydrogens is 226 g/mol. The van der Waals surface area contributed by atoms with E-state index in [9.17, 15) is 14.4 Å². The second kappa shape index (κ2) is 4.20. The lowest BCUT2D eigenvalue weighted by molar-refractivity contribution is -0.125. The van der Waals surface area contributed by atoms with Crippen LogP contribution in [-0.4, -0.2) is 39.4 Å². The number of carboxylic acid groups (broad SMARTS) is 1. The Labute approximate surface area is 96.1 Å². The maximum Gasteiger partial charge on any atom is 0.337 e. The Bertz CT molecular complexity index is 467. The van der Waals surface area contributed by atoms with Crippen molar-refractivity contribution in [3.05, 3.63) is 29.6 Å². The van der Waals surface area contributed by atoms with Gasteiger partial charge in [-0.3, -0.25) is 14.7 Å². The number of nitrogens with one attached hydrogen (secondary N) is 1. The summed E-state index contributed by atoms with van der Waals surface area (Å²) in [5.41, 5.74) is 0.520. The first-order chi connectivity index (χ1) is 8.08. The van der Waals surface area contributed by atoms with Gasteiger partial charge in [-0.2, -0.15) is 0 Å². The number of urea groups is 1. The molecule has 1 fully saturated rings. The van der Waals surface area contributed by atoms with Crippen LogP contribution in [-0.2, 0) is 11.3 Å². The molecule has 1 aliphatic rings. The number of hydrogen-bond acceptors (Lipinski definition) is 4. The molecule has 3 amide bonds. The van der Waals surface area contributed by atoms with Crippen LogP contribution < -0.4 is 5.32 Å². The van der Waals surface area contributed by atoms with Crippen molar-refractivity contribution in [3.63, 3.8) is 0 Å². The minimum absolute atomic E-state index is 0.00789. The van der Waals surface area contributed by atoms with Crippen LogP contribution in [0.25, 0.3) is 0 Å². The zero-order chi connectivity index (χ0) is 12.4. The first-order valence-corrected chi connectivity index (χ1v) is 4.84. The van der Waals surface area contributed by atoms with Crippen molar-refractivity contribution in [2.24, 2.45) is 0 Å². The lowest BCUT2D eigenvalue weighted by Crippen LogP contribution is -2.30. The Balaban J connectivity index is 2.11. The summed E-state index contributed by atoms with van der Waals surface area (Å²) in [6, 6.07) is 2.39. The van der Waals surface area contributed by atoms with Crippen molar-refractivity contribution < 1.29 is 19.5 Å². The van der Waals surface area contributed by atoms with Crippen molar-refractivity contribution in [1.82, 2.24) is 15.2 Å². The second-order valence-electron chi connectivity index (χ2n) is 3.48. The zero-order valence-electron chi connectivity index (χ0n) is 8.71. The molecule has 2 rings (SSSR count). The van der Waals surface area contributed by atoms with E-state index in [1.807, 2.05) is 0 Å². The van der Waals surface area contributed by atoms with Gasteiger partial charge in [-0.15, -0.1) is 0 Å². The van der Waals surface area contributed by atoms with E-state index in [2.05, 4.69) is 10.3 Å². The van der Waals surface area contributed by atoms with Crippen molar-refractivity contribution >= 4 is 17.9 Å². The van der Waals surface area contributed by atoms with Crippen LogP contribution in [0.15, 0.2) is 18.3 Å². The molecule has 7 heteroatoms. The number of hydrogen-bond donors (Lipinski definition) is 2. The molecule has 1 saturated heterocycles.